The Hall–Kier alpha value is -3.11. The molecule has 2 aliphatic rings. The van der Waals surface area contributed by atoms with Gasteiger partial charge in [0.25, 0.3) is 5.91 Å². The van der Waals surface area contributed by atoms with Crippen LogP contribution in [-0.4, -0.2) is 30.3 Å². The Labute approximate surface area is 187 Å². The highest BCUT2D eigenvalue weighted by Gasteiger charge is 2.67. The second-order valence-electron chi connectivity index (χ2n) is 8.31. The molecule has 1 aliphatic carbocycles. The number of anilines is 2. The molecule has 1 unspecified atom stereocenters. The largest absolute Gasteiger partial charge is 0.342 e. The van der Waals surface area contributed by atoms with E-state index in [2.05, 4.69) is 6.07 Å². The minimum Gasteiger partial charge on any atom is -0.342 e. The lowest BCUT2D eigenvalue weighted by atomic mass is 9.92. The minimum absolute atomic E-state index is 0.0514. The summed E-state index contributed by atoms with van der Waals surface area (Å²) in [5, 5.41) is 0.691. The molecular weight excluding hydrogens is 408 g/mol. The van der Waals surface area contributed by atoms with Gasteiger partial charge in [-0.05, 0) is 60.9 Å². The maximum Gasteiger partial charge on any atom is 0.253 e. The van der Waals surface area contributed by atoms with Crippen LogP contribution in [0.25, 0.3) is 0 Å². The molecule has 156 valence electrons. The van der Waals surface area contributed by atoms with Gasteiger partial charge in [0.2, 0.25) is 5.91 Å². The van der Waals surface area contributed by atoms with Crippen molar-refractivity contribution in [3.8, 4) is 0 Å². The first kappa shape index (κ1) is 19.8. The van der Waals surface area contributed by atoms with Gasteiger partial charge in [0, 0.05) is 35.8 Å². The Morgan fingerprint density at radius 1 is 1.10 bits per heavy atom. The zero-order chi connectivity index (χ0) is 21.8. The fourth-order valence-corrected chi connectivity index (χ4v) is 4.89. The normalized spacial score (nSPS) is 21.3. The van der Waals surface area contributed by atoms with Crippen LogP contribution in [0.2, 0.25) is 5.02 Å². The summed E-state index contributed by atoms with van der Waals surface area (Å²) in [5.41, 5.74) is 3.84. The van der Waals surface area contributed by atoms with Crippen molar-refractivity contribution < 1.29 is 9.59 Å². The first-order valence-corrected chi connectivity index (χ1v) is 10.9. The predicted octanol–water partition coefficient (Wildman–Crippen LogP) is 5.54. The van der Waals surface area contributed by atoms with Crippen LogP contribution in [0.3, 0.4) is 0 Å². The molecule has 2 amide bonds. The average Bonchev–Trinajstić information content (AvgIpc) is 3.50. The molecule has 1 heterocycles. The lowest BCUT2D eigenvalue weighted by molar-refractivity contribution is -0.119. The Bertz CT molecular complexity index is 1190. The van der Waals surface area contributed by atoms with Crippen molar-refractivity contribution in [1.82, 2.24) is 4.90 Å². The number of hydrogen-bond donors (Lipinski definition) is 0. The average molecular weight is 431 g/mol. The van der Waals surface area contributed by atoms with Crippen molar-refractivity contribution in [2.24, 2.45) is 0 Å². The summed E-state index contributed by atoms with van der Waals surface area (Å²) in [6.07, 6.45) is 0.776. The first-order valence-electron chi connectivity index (χ1n) is 10.5. The van der Waals surface area contributed by atoms with Crippen LogP contribution in [0.5, 0.6) is 0 Å². The highest BCUT2D eigenvalue weighted by atomic mass is 35.5. The summed E-state index contributed by atoms with van der Waals surface area (Å²) in [4.78, 5) is 30.0. The Kier molecular flexibility index (Phi) is 4.63. The van der Waals surface area contributed by atoms with E-state index >= 15 is 0 Å². The SMILES string of the molecule is CCN(C)C(=O)c1cccc(N2C(=O)[C@]3(CC3c3ccc(Cl)cc3)c3ccccc32)c1. The number of benzene rings is 3. The number of para-hydroxylation sites is 1. The molecule has 5 heteroatoms. The Morgan fingerprint density at radius 3 is 2.58 bits per heavy atom. The van der Waals surface area contributed by atoms with Gasteiger partial charge >= 0.3 is 0 Å². The van der Waals surface area contributed by atoms with E-state index in [1.807, 2.05) is 67.6 Å². The number of halogens is 1. The number of nitrogens with zero attached hydrogens (tertiary/aromatic N) is 2. The monoisotopic (exact) mass is 430 g/mol. The number of rotatable bonds is 4. The topological polar surface area (TPSA) is 40.6 Å². The van der Waals surface area contributed by atoms with Crippen LogP contribution in [0.1, 0.15) is 40.7 Å². The van der Waals surface area contributed by atoms with Crippen LogP contribution in [0.15, 0.2) is 72.8 Å². The number of carbonyl (C=O) groups is 2. The van der Waals surface area contributed by atoms with E-state index < -0.39 is 5.41 Å². The summed E-state index contributed by atoms with van der Waals surface area (Å²) in [5.74, 6) is 0.144. The molecule has 0 N–H and O–H groups in total. The van der Waals surface area contributed by atoms with Gasteiger partial charge in [0.1, 0.15) is 0 Å². The number of hydrogen-bond acceptors (Lipinski definition) is 2. The summed E-state index contributed by atoms with van der Waals surface area (Å²) >= 11 is 6.07. The molecule has 0 aromatic heterocycles. The highest BCUT2D eigenvalue weighted by molar-refractivity contribution is 6.30. The standard InChI is InChI=1S/C26H23ClN2O2/c1-3-28(2)24(30)18-7-6-8-20(15-18)29-23-10-5-4-9-21(23)26(25(29)31)16-22(26)17-11-13-19(27)14-12-17/h4-15,22H,3,16H2,1-2H3/t22?,26-/m1/s1. The van der Waals surface area contributed by atoms with Crippen LogP contribution < -0.4 is 4.90 Å². The van der Waals surface area contributed by atoms with Gasteiger partial charge < -0.3 is 4.90 Å². The molecule has 1 aliphatic heterocycles. The molecule has 1 fully saturated rings. The maximum atomic E-state index is 13.9. The maximum absolute atomic E-state index is 13.9. The molecule has 3 aromatic rings. The zero-order valence-electron chi connectivity index (χ0n) is 17.5. The van der Waals surface area contributed by atoms with Crippen molar-refractivity contribution in [3.05, 3.63) is 94.5 Å². The van der Waals surface area contributed by atoms with Gasteiger partial charge in [0.15, 0.2) is 0 Å². The highest BCUT2D eigenvalue weighted by Crippen LogP contribution is 2.67. The molecule has 4 nitrogen and oxygen atoms in total. The van der Waals surface area contributed by atoms with E-state index in [0.29, 0.717) is 17.1 Å². The summed E-state index contributed by atoms with van der Waals surface area (Å²) in [6, 6.07) is 23.1. The second-order valence-corrected chi connectivity index (χ2v) is 8.74. The van der Waals surface area contributed by atoms with Crippen molar-refractivity contribution in [2.45, 2.75) is 24.7 Å². The molecule has 3 aromatic carbocycles. The van der Waals surface area contributed by atoms with Gasteiger partial charge in [0.05, 0.1) is 11.1 Å². The molecule has 0 bridgehead atoms. The van der Waals surface area contributed by atoms with Gasteiger partial charge in [-0.3, -0.25) is 14.5 Å². The fraction of sp³-hybridized carbons (Fsp3) is 0.231. The molecule has 1 spiro atoms. The van der Waals surface area contributed by atoms with Crippen molar-refractivity contribution >= 4 is 34.8 Å². The van der Waals surface area contributed by atoms with Gasteiger partial charge in [-0.1, -0.05) is 48.0 Å². The second kappa shape index (κ2) is 7.24. The third kappa shape index (κ3) is 2.97. The molecule has 0 radical (unpaired) electrons. The van der Waals surface area contributed by atoms with Crippen LogP contribution in [-0.2, 0) is 10.2 Å². The van der Waals surface area contributed by atoms with E-state index in [-0.39, 0.29) is 17.7 Å². The Morgan fingerprint density at radius 2 is 1.84 bits per heavy atom. The third-order valence-corrected chi connectivity index (χ3v) is 6.87. The molecule has 2 atom stereocenters. The van der Waals surface area contributed by atoms with E-state index in [9.17, 15) is 9.59 Å². The molecule has 5 rings (SSSR count). The van der Waals surface area contributed by atoms with Crippen LogP contribution in [0, 0.1) is 0 Å². The molecular formula is C26H23ClN2O2. The molecule has 0 saturated heterocycles. The lowest BCUT2D eigenvalue weighted by Crippen LogP contribution is -2.30. The van der Waals surface area contributed by atoms with E-state index in [0.717, 1.165) is 28.9 Å². The smallest absolute Gasteiger partial charge is 0.253 e. The fourth-order valence-electron chi connectivity index (χ4n) is 4.76. The summed E-state index contributed by atoms with van der Waals surface area (Å²) < 4.78 is 0. The quantitative estimate of drug-likeness (QED) is 0.545. The number of carbonyl (C=O) groups excluding carboxylic acids is 2. The Balaban J connectivity index is 1.56. The zero-order valence-corrected chi connectivity index (χ0v) is 18.3. The molecule has 31 heavy (non-hydrogen) atoms. The van der Waals surface area contributed by atoms with E-state index in [1.165, 1.54) is 0 Å². The van der Waals surface area contributed by atoms with E-state index in [1.54, 1.807) is 22.9 Å². The summed E-state index contributed by atoms with van der Waals surface area (Å²) in [7, 11) is 1.78. The first-order chi connectivity index (χ1) is 15.0. The van der Waals surface area contributed by atoms with Crippen molar-refractivity contribution in [2.75, 3.05) is 18.5 Å². The van der Waals surface area contributed by atoms with Crippen LogP contribution >= 0.6 is 11.6 Å². The van der Waals surface area contributed by atoms with Gasteiger partial charge in [-0.25, -0.2) is 0 Å². The number of amides is 2. The lowest BCUT2D eigenvalue weighted by Gasteiger charge is -2.20. The van der Waals surface area contributed by atoms with Crippen molar-refractivity contribution in [3.63, 3.8) is 0 Å². The van der Waals surface area contributed by atoms with Crippen LogP contribution in [0.4, 0.5) is 11.4 Å². The summed E-state index contributed by atoms with van der Waals surface area (Å²) in [6.45, 7) is 2.57. The van der Waals surface area contributed by atoms with Gasteiger partial charge in [-0.15, -0.1) is 0 Å². The third-order valence-electron chi connectivity index (χ3n) is 6.62. The minimum atomic E-state index is -0.551. The number of fused-ring (bicyclic) bond motifs is 2. The molecule has 1 saturated carbocycles. The van der Waals surface area contributed by atoms with Crippen molar-refractivity contribution in [1.29, 1.82) is 0 Å². The predicted molar refractivity (Wildman–Crippen MR) is 123 cm³/mol. The van der Waals surface area contributed by atoms with E-state index in [4.69, 9.17) is 11.6 Å². The van der Waals surface area contributed by atoms with Gasteiger partial charge in [-0.2, -0.15) is 0 Å².